The maximum absolute atomic E-state index is 10.8. The SMILES string of the molecule is CCCCCCCCC(O)CCCCCCCCCC(C)S(=O)(=O)[O-].[K+]. The molecule has 0 radical (unpaired) electrons. The Morgan fingerprint density at radius 3 is 1.46 bits per heavy atom. The van der Waals surface area contributed by atoms with Gasteiger partial charge in [0, 0.05) is 5.25 Å². The Balaban J connectivity index is 0. The van der Waals surface area contributed by atoms with E-state index in [0.717, 1.165) is 51.4 Å². The van der Waals surface area contributed by atoms with Crippen LogP contribution in [0.2, 0.25) is 0 Å². The van der Waals surface area contributed by atoms with Crippen molar-refractivity contribution in [3.05, 3.63) is 0 Å². The van der Waals surface area contributed by atoms with E-state index in [1.165, 1.54) is 51.9 Å². The molecule has 0 bridgehead atoms. The van der Waals surface area contributed by atoms with E-state index < -0.39 is 15.4 Å². The van der Waals surface area contributed by atoms with Gasteiger partial charge >= 0.3 is 51.4 Å². The summed E-state index contributed by atoms with van der Waals surface area (Å²) in [6, 6.07) is 0. The van der Waals surface area contributed by atoms with E-state index in [2.05, 4.69) is 6.92 Å². The van der Waals surface area contributed by atoms with E-state index in [4.69, 9.17) is 0 Å². The minimum absolute atomic E-state index is 0. The van der Waals surface area contributed by atoms with Crippen LogP contribution in [0.15, 0.2) is 0 Å². The van der Waals surface area contributed by atoms with Crippen LogP contribution < -0.4 is 51.4 Å². The van der Waals surface area contributed by atoms with Gasteiger partial charge in [-0.15, -0.1) is 0 Å². The van der Waals surface area contributed by atoms with Crippen LogP contribution in [0.4, 0.5) is 0 Å². The standard InChI is InChI=1S/C20H42O4S.K/c1-3-4-5-6-11-14-17-20(21)18-15-12-9-7-8-10-13-16-19(2)25(22,23)24;/h19-21H,3-18H2,1-2H3,(H,22,23,24);/q;+1/p-1. The molecule has 0 saturated heterocycles. The molecule has 26 heavy (non-hydrogen) atoms. The zero-order valence-electron chi connectivity index (χ0n) is 17.5. The van der Waals surface area contributed by atoms with Gasteiger partial charge in [-0.2, -0.15) is 0 Å². The molecule has 0 spiro atoms. The fourth-order valence-electron chi connectivity index (χ4n) is 3.14. The van der Waals surface area contributed by atoms with Crippen molar-refractivity contribution in [3.8, 4) is 0 Å². The van der Waals surface area contributed by atoms with Gasteiger partial charge in [0.2, 0.25) is 0 Å². The van der Waals surface area contributed by atoms with Crippen LogP contribution in [0.3, 0.4) is 0 Å². The number of unbranched alkanes of at least 4 members (excludes halogenated alkanes) is 11. The Hall–Kier alpha value is 1.51. The summed E-state index contributed by atoms with van der Waals surface area (Å²) in [5.41, 5.74) is 0. The summed E-state index contributed by atoms with van der Waals surface area (Å²) in [4.78, 5) is 0. The third kappa shape index (κ3) is 20.2. The van der Waals surface area contributed by atoms with Gasteiger partial charge < -0.3 is 9.66 Å². The van der Waals surface area contributed by atoms with Crippen LogP contribution >= 0.6 is 0 Å². The first-order valence-electron chi connectivity index (χ1n) is 10.5. The number of rotatable bonds is 18. The van der Waals surface area contributed by atoms with Gasteiger partial charge in [-0.05, 0) is 26.2 Å². The van der Waals surface area contributed by atoms with E-state index in [1.54, 1.807) is 0 Å². The molecule has 2 atom stereocenters. The summed E-state index contributed by atoms with van der Waals surface area (Å²) >= 11 is 0. The van der Waals surface area contributed by atoms with Gasteiger partial charge in [-0.25, -0.2) is 8.42 Å². The van der Waals surface area contributed by atoms with E-state index in [0.29, 0.717) is 6.42 Å². The van der Waals surface area contributed by atoms with Gasteiger partial charge in [0.25, 0.3) is 0 Å². The van der Waals surface area contributed by atoms with Gasteiger partial charge in [0.15, 0.2) is 0 Å². The van der Waals surface area contributed by atoms with Gasteiger partial charge in [0.05, 0.1) is 16.2 Å². The largest absolute Gasteiger partial charge is 1.00 e. The molecule has 4 nitrogen and oxygen atoms in total. The summed E-state index contributed by atoms with van der Waals surface area (Å²) in [6.07, 6.45) is 17.4. The van der Waals surface area contributed by atoms with E-state index in [1.807, 2.05) is 0 Å². The predicted octanol–water partition coefficient (Wildman–Crippen LogP) is 2.55. The molecule has 0 aromatic rings. The van der Waals surface area contributed by atoms with E-state index in [9.17, 15) is 18.1 Å². The van der Waals surface area contributed by atoms with Crippen molar-refractivity contribution < 1.29 is 69.5 Å². The zero-order chi connectivity index (χ0) is 19.0. The van der Waals surface area contributed by atoms with Gasteiger partial charge in [-0.3, -0.25) is 0 Å². The van der Waals surface area contributed by atoms with Crippen LogP contribution in [0.5, 0.6) is 0 Å². The second-order valence-corrected chi connectivity index (χ2v) is 9.36. The average Bonchev–Trinajstić information content (AvgIpc) is 2.55. The second kappa shape index (κ2) is 19.8. The van der Waals surface area contributed by atoms with Crippen molar-refractivity contribution in [2.24, 2.45) is 0 Å². The Labute approximate surface area is 205 Å². The number of hydrogen-bond donors (Lipinski definition) is 1. The van der Waals surface area contributed by atoms with Gasteiger partial charge in [-0.1, -0.05) is 90.4 Å². The topological polar surface area (TPSA) is 77.4 Å². The molecule has 0 aliphatic rings. The van der Waals surface area contributed by atoms with Crippen LogP contribution in [0, 0.1) is 0 Å². The molecule has 6 heteroatoms. The van der Waals surface area contributed by atoms with Crippen LogP contribution in [-0.2, 0) is 10.1 Å². The van der Waals surface area contributed by atoms with E-state index in [-0.39, 0.29) is 57.5 Å². The minimum atomic E-state index is -4.10. The molecule has 2 unspecified atom stereocenters. The molecule has 0 fully saturated rings. The molecular weight excluding hydrogens is 375 g/mol. The monoisotopic (exact) mass is 416 g/mol. The average molecular weight is 417 g/mol. The second-order valence-electron chi connectivity index (χ2n) is 7.57. The molecule has 0 aromatic carbocycles. The summed E-state index contributed by atoms with van der Waals surface area (Å²) in [5.74, 6) is 0. The van der Waals surface area contributed by atoms with Crippen molar-refractivity contribution in [3.63, 3.8) is 0 Å². The minimum Gasteiger partial charge on any atom is -0.748 e. The van der Waals surface area contributed by atoms with Crippen LogP contribution in [-0.4, -0.2) is 29.4 Å². The number of hydrogen-bond acceptors (Lipinski definition) is 4. The first-order chi connectivity index (χ1) is 11.9. The zero-order valence-corrected chi connectivity index (χ0v) is 21.5. The summed E-state index contributed by atoms with van der Waals surface area (Å²) in [6.45, 7) is 3.73. The van der Waals surface area contributed by atoms with Crippen molar-refractivity contribution in [1.29, 1.82) is 0 Å². The maximum Gasteiger partial charge on any atom is 1.00 e. The molecule has 0 aromatic heterocycles. The van der Waals surface area contributed by atoms with Crippen molar-refractivity contribution >= 4 is 10.1 Å². The van der Waals surface area contributed by atoms with E-state index >= 15 is 0 Å². The summed E-state index contributed by atoms with van der Waals surface area (Å²) in [5, 5.41) is 9.22. The van der Waals surface area contributed by atoms with Gasteiger partial charge in [0.1, 0.15) is 0 Å². The van der Waals surface area contributed by atoms with Crippen molar-refractivity contribution in [1.82, 2.24) is 0 Å². The van der Waals surface area contributed by atoms with Crippen molar-refractivity contribution in [2.45, 2.75) is 128 Å². The normalized spacial score (nSPS) is 14.0. The third-order valence-corrected chi connectivity index (χ3v) is 6.25. The third-order valence-electron chi connectivity index (χ3n) is 5.03. The Morgan fingerprint density at radius 2 is 1.08 bits per heavy atom. The smallest absolute Gasteiger partial charge is 0.748 e. The quantitative estimate of drug-likeness (QED) is 0.212. The molecule has 0 saturated carbocycles. The molecule has 0 aliphatic heterocycles. The Morgan fingerprint density at radius 1 is 0.731 bits per heavy atom. The van der Waals surface area contributed by atoms with Crippen LogP contribution in [0.1, 0.15) is 117 Å². The molecule has 0 heterocycles. The number of aliphatic hydroxyl groups is 1. The first kappa shape index (κ1) is 29.7. The summed E-state index contributed by atoms with van der Waals surface area (Å²) < 4.78 is 32.3. The molecule has 0 rings (SSSR count). The Kier molecular flexibility index (Phi) is 22.6. The fraction of sp³-hybridized carbons (Fsp3) is 1.00. The number of aliphatic hydroxyl groups excluding tert-OH is 1. The van der Waals surface area contributed by atoms with Crippen molar-refractivity contribution in [2.75, 3.05) is 0 Å². The summed E-state index contributed by atoms with van der Waals surface area (Å²) in [7, 11) is -4.10. The fourth-order valence-corrected chi connectivity index (χ4v) is 3.60. The molecule has 0 amide bonds. The predicted molar refractivity (Wildman–Crippen MR) is 105 cm³/mol. The molecule has 152 valence electrons. The Bertz CT molecular complexity index is 387. The first-order valence-corrected chi connectivity index (χ1v) is 12.0. The molecular formula is C20H41KO4S. The maximum atomic E-state index is 10.8. The van der Waals surface area contributed by atoms with Crippen LogP contribution in [0.25, 0.3) is 0 Å². The molecule has 0 aliphatic carbocycles. The molecule has 1 N–H and O–H groups in total.